The zero-order valence-corrected chi connectivity index (χ0v) is 15.4. The smallest absolute Gasteiger partial charge is 0.264 e. The summed E-state index contributed by atoms with van der Waals surface area (Å²) in [5.41, 5.74) is 0.288. The maximum absolute atomic E-state index is 13.7. The van der Waals surface area contributed by atoms with Crippen LogP contribution in [-0.4, -0.2) is 52.9 Å². The molecule has 0 saturated carbocycles. The van der Waals surface area contributed by atoms with Crippen LogP contribution in [0.25, 0.3) is 0 Å². The first-order chi connectivity index (χ1) is 13.1. The van der Waals surface area contributed by atoms with Crippen molar-refractivity contribution >= 4 is 11.9 Å². The Morgan fingerprint density at radius 1 is 1.26 bits per heavy atom. The number of hydrogen-bond acceptors (Lipinski definition) is 5. The molecule has 1 aromatic heterocycles. The van der Waals surface area contributed by atoms with Crippen molar-refractivity contribution in [3.63, 3.8) is 0 Å². The van der Waals surface area contributed by atoms with Crippen LogP contribution in [0.4, 0.5) is 0 Å². The summed E-state index contributed by atoms with van der Waals surface area (Å²) in [6.07, 6.45) is 4.94. The van der Waals surface area contributed by atoms with E-state index in [2.05, 4.69) is 10.4 Å². The van der Waals surface area contributed by atoms with Gasteiger partial charge in [0.1, 0.15) is 5.75 Å². The number of ether oxygens (including phenoxy) is 2. The van der Waals surface area contributed by atoms with Crippen molar-refractivity contribution in [3.05, 3.63) is 47.8 Å². The lowest BCUT2D eigenvalue weighted by molar-refractivity contribution is -0.132. The summed E-state index contributed by atoms with van der Waals surface area (Å²) >= 11 is 0. The Morgan fingerprint density at radius 3 is 2.56 bits per heavy atom. The quantitative estimate of drug-likeness (QED) is 0.845. The monoisotopic (exact) mass is 369 g/mol. The van der Waals surface area contributed by atoms with Gasteiger partial charge < -0.3 is 14.8 Å². The molecule has 0 radical (unpaired) electrons. The van der Waals surface area contributed by atoms with Crippen molar-refractivity contribution in [2.24, 2.45) is 7.05 Å². The van der Waals surface area contributed by atoms with Crippen LogP contribution in [0.3, 0.4) is 0 Å². The third-order valence-corrected chi connectivity index (χ3v) is 5.30. The molecule has 4 rings (SSSR count). The van der Waals surface area contributed by atoms with E-state index < -0.39 is 5.54 Å². The van der Waals surface area contributed by atoms with Crippen molar-refractivity contribution in [2.45, 2.75) is 24.4 Å². The zero-order chi connectivity index (χ0) is 19.0. The summed E-state index contributed by atoms with van der Waals surface area (Å²) in [5.74, 6) is 0.672. The number of carbonyl (C=O) groups is 1. The van der Waals surface area contributed by atoms with Crippen molar-refractivity contribution in [3.8, 4) is 5.75 Å². The maximum Gasteiger partial charge on any atom is 0.264 e. The fraction of sp³-hybridized carbons (Fsp3) is 0.421. The molecule has 1 atom stereocenters. The fourth-order valence-electron chi connectivity index (χ4n) is 3.88. The van der Waals surface area contributed by atoms with E-state index in [0.29, 0.717) is 24.5 Å². The third kappa shape index (κ3) is 2.76. The summed E-state index contributed by atoms with van der Waals surface area (Å²) in [7, 11) is 3.42. The Labute approximate surface area is 157 Å². The molecule has 8 nitrogen and oxygen atoms in total. The third-order valence-electron chi connectivity index (χ3n) is 5.30. The molecule has 8 heteroatoms. The lowest BCUT2D eigenvalue weighted by Crippen LogP contribution is -2.47. The predicted octanol–water partition coefficient (Wildman–Crippen LogP) is 1.22. The first kappa shape index (κ1) is 17.5. The number of amides is 1. The van der Waals surface area contributed by atoms with Gasteiger partial charge in [-0.1, -0.05) is 12.1 Å². The number of carbonyl (C=O) groups excluding carboxylic acids is 1. The van der Waals surface area contributed by atoms with Gasteiger partial charge in [-0.2, -0.15) is 5.10 Å². The van der Waals surface area contributed by atoms with Gasteiger partial charge in [0.2, 0.25) is 0 Å². The van der Waals surface area contributed by atoms with Gasteiger partial charge in [0.25, 0.3) is 5.91 Å². The highest BCUT2D eigenvalue weighted by molar-refractivity contribution is 6.10. The molecule has 2 aliphatic rings. The molecule has 142 valence electrons. The second kappa shape index (κ2) is 6.70. The van der Waals surface area contributed by atoms with E-state index in [0.717, 1.165) is 18.4 Å². The first-order valence-corrected chi connectivity index (χ1v) is 8.98. The van der Waals surface area contributed by atoms with Crippen LogP contribution in [0.2, 0.25) is 0 Å². The number of methoxy groups -OCH3 is 1. The van der Waals surface area contributed by atoms with Gasteiger partial charge >= 0.3 is 0 Å². The number of aryl methyl sites for hydroxylation is 1. The minimum Gasteiger partial charge on any atom is -0.497 e. The number of aromatic nitrogens is 2. The Balaban J connectivity index is 1.81. The van der Waals surface area contributed by atoms with Gasteiger partial charge in [-0.3, -0.25) is 19.8 Å². The van der Waals surface area contributed by atoms with Crippen LogP contribution in [0, 0.1) is 5.41 Å². The molecule has 0 spiro atoms. The molecule has 2 fully saturated rings. The van der Waals surface area contributed by atoms with Gasteiger partial charge in [-0.05, 0) is 30.5 Å². The van der Waals surface area contributed by atoms with E-state index in [-0.39, 0.29) is 17.9 Å². The van der Waals surface area contributed by atoms with Crippen LogP contribution in [0.1, 0.15) is 24.0 Å². The molecule has 3 heterocycles. The Bertz CT molecular complexity index is 856. The Kier molecular flexibility index (Phi) is 4.35. The van der Waals surface area contributed by atoms with Gasteiger partial charge in [-0.25, -0.2) is 0 Å². The molecule has 1 unspecified atom stereocenters. The van der Waals surface area contributed by atoms with E-state index >= 15 is 0 Å². The average Bonchev–Trinajstić information content (AvgIpc) is 3.24. The van der Waals surface area contributed by atoms with Crippen molar-refractivity contribution in [2.75, 3.05) is 20.3 Å². The topological polar surface area (TPSA) is 92.5 Å². The van der Waals surface area contributed by atoms with Crippen LogP contribution in [-0.2, 0) is 22.1 Å². The standard InChI is InChI=1S/C19H23N5O3/c1-23-12-14(11-21-23)19(13-3-5-16(26-2)6-4-13)17(25)24(18(20)22-19)15-7-9-27-10-8-15/h3-6,11-12,15H,7-10H2,1-2H3,(H2,20,22). The molecule has 2 N–H and O–H groups in total. The minimum absolute atomic E-state index is 0.0388. The largest absolute Gasteiger partial charge is 0.497 e. The molecular formula is C19H23N5O3. The maximum atomic E-state index is 13.7. The highest BCUT2D eigenvalue weighted by Gasteiger charge is 2.54. The number of benzene rings is 1. The Morgan fingerprint density at radius 2 is 1.96 bits per heavy atom. The molecule has 2 aromatic rings. The van der Waals surface area contributed by atoms with Crippen LogP contribution >= 0.6 is 0 Å². The molecule has 1 aromatic carbocycles. The molecule has 2 aliphatic heterocycles. The predicted molar refractivity (Wildman–Crippen MR) is 98.5 cm³/mol. The number of nitrogens with zero attached hydrogens (tertiary/aromatic N) is 3. The van der Waals surface area contributed by atoms with Gasteiger partial charge in [0.15, 0.2) is 11.5 Å². The second-order valence-corrected chi connectivity index (χ2v) is 6.87. The van der Waals surface area contributed by atoms with Gasteiger partial charge in [0.05, 0.1) is 13.3 Å². The minimum atomic E-state index is -1.17. The SMILES string of the molecule is COc1ccc(C2(c3cnn(C)c3)NC(=N)N(C3CCOCC3)C2=O)cc1. The zero-order valence-electron chi connectivity index (χ0n) is 15.4. The van der Waals surface area contributed by atoms with E-state index in [1.54, 1.807) is 22.9 Å². The van der Waals surface area contributed by atoms with Gasteiger partial charge in [-0.15, -0.1) is 0 Å². The highest BCUT2D eigenvalue weighted by Crippen LogP contribution is 2.38. The summed E-state index contributed by atoms with van der Waals surface area (Å²) < 4.78 is 12.3. The Hall–Kier alpha value is -2.87. The molecule has 27 heavy (non-hydrogen) atoms. The van der Waals surface area contributed by atoms with E-state index in [1.165, 1.54) is 0 Å². The normalized spacial score (nSPS) is 23.6. The second-order valence-electron chi connectivity index (χ2n) is 6.87. The average molecular weight is 369 g/mol. The van der Waals surface area contributed by atoms with E-state index in [9.17, 15) is 4.79 Å². The van der Waals surface area contributed by atoms with Crippen LogP contribution in [0.15, 0.2) is 36.7 Å². The fourth-order valence-corrected chi connectivity index (χ4v) is 3.88. The number of hydrogen-bond donors (Lipinski definition) is 2. The lowest BCUT2D eigenvalue weighted by Gasteiger charge is -2.31. The van der Waals surface area contributed by atoms with Crippen molar-refractivity contribution < 1.29 is 14.3 Å². The van der Waals surface area contributed by atoms with Crippen molar-refractivity contribution in [1.29, 1.82) is 5.41 Å². The highest BCUT2D eigenvalue weighted by atomic mass is 16.5. The number of guanidine groups is 1. The number of nitrogens with one attached hydrogen (secondary N) is 2. The molecular weight excluding hydrogens is 346 g/mol. The first-order valence-electron chi connectivity index (χ1n) is 8.98. The molecule has 0 bridgehead atoms. The summed E-state index contributed by atoms with van der Waals surface area (Å²) in [4.78, 5) is 15.3. The van der Waals surface area contributed by atoms with Gasteiger partial charge in [0, 0.05) is 38.1 Å². The molecule has 2 saturated heterocycles. The summed E-state index contributed by atoms with van der Waals surface area (Å²) in [6.45, 7) is 1.20. The molecule has 1 amide bonds. The van der Waals surface area contributed by atoms with E-state index in [1.807, 2.05) is 37.5 Å². The number of rotatable bonds is 4. The summed E-state index contributed by atoms with van der Waals surface area (Å²) in [6, 6.07) is 7.32. The van der Waals surface area contributed by atoms with Crippen molar-refractivity contribution in [1.82, 2.24) is 20.0 Å². The lowest BCUT2D eigenvalue weighted by atomic mass is 9.84. The van der Waals surface area contributed by atoms with Crippen LogP contribution in [0.5, 0.6) is 5.75 Å². The van der Waals surface area contributed by atoms with E-state index in [4.69, 9.17) is 14.9 Å². The molecule has 0 aliphatic carbocycles. The van der Waals surface area contributed by atoms with Crippen LogP contribution < -0.4 is 10.1 Å². The summed E-state index contributed by atoms with van der Waals surface area (Å²) in [5, 5.41) is 15.9.